The summed E-state index contributed by atoms with van der Waals surface area (Å²) in [5.41, 5.74) is 10.2. The quantitative estimate of drug-likeness (QED) is 0.871. The van der Waals surface area contributed by atoms with Gasteiger partial charge in [0.2, 0.25) is 0 Å². The van der Waals surface area contributed by atoms with Crippen molar-refractivity contribution in [2.24, 2.45) is 5.73 Å². The number of rotatable bonds is 3. The summed E-state index contributed by atoms with van der Waals surface area (Å²) in [7, 11) is 0. The minimum absolute atomic E-state index is 0.136. The zero-order chi connectivity index (χ0) is 12.7. The molecule has 1 aromatic rings. The Labute approximate surface area is 104 Å². The van der Waals surface area contributed by atoms with Crippen LogP contribution in [0.5, 0.6) is 0 Å². The van der Waals surface area contributed by atoms with Crippen LogP contribution < -0.4 is 5.73 Å². The van der Waals surface area contributed by atoms with E-state index in [2.05, 4.69) is 45.9 Å². The maximum atomic E-state index is 6.18. The van der Waals surface area contributed by atoms with Crippen LogP contribution in [-0.2, 0) is 10.2 Å². The Morgan fingerprint density at radius 3 is 2.29 bits per heavy atom. The van der Waals surface area contributed by atoms with E-state index in [0.717, 1.165) is 19.6 Å². The molecule has 2 nitrogen and oxygen atoms in total. The summed E-state index contributed by atoms with van der Waals surface area (Å²) in [6, 6.07) is 6.73. The molecule has 0 spiro atoms. The SMILES string of the molecule is Cc1ccc(C2(CC(C)(C)N)COC2)cc1C. The molecule has 2 N–H and O–H groups in total. The minimum atomic E-state index is -0.150. The predicted octanol–water partition coefficient (Wildman–Crippen LogP) is 2.70. The van der Waals surface area contributed by atoms with Gasteiger partial charge in [-0.1, -0.05) is 18.2 Å². The highest BCUT2D eigenvalue weighted by atomic mass is 16.5. The number of hydrogen-bond donors (Lipinski definition) is 1. The van der Waals surface area contributed by atoms with Crippen molar-refractivity contribution >= 4 is 0 Å². The number of nitrogens with two attached hydrogens (primary N) is 1. The van der Waals surface area contributed by atoms with Crippen LogP contribution in [-0.4, -0.2) is 18.8 Å². The molecule has 0 aliphatic carbocycles. The summed E-state index contributed by atoms with van der Waals surface area (Å²) in [5.74, 6) is 0. The van der Waals surface area contributed by atoms with Crippen LogP contribution in [0.2, 0.25) is 0 Å². The van der Waals surface area contributed by atoms with E-state index >= 15 is 0 Å². The van der Waals surface area contributed by atoms with Crippen LogP contribution in [0.25, 0.3) is 0 Å². The molecule has 0 bridgehead atoms. The summed E-state index contributed by atoms with van der Waals surface area (Å²) in [6.07, 6.45) is 0.975. The van der Waals surface area contributed by atoms with E-state index < -0.39 is 0 Å². The fourth-order valence-electron chi connectivity index (χ4n) is 2.66. The van der Waals surface area contributed by atoms with Gasteiger partial charge in [-0.2, -0.15) is 0 Å². The molecule has 2 rings (SSSR count). The van der Waals surface area contributed by atoms with Crippen molar-refractivity contribution in [3.63, 3.8) is 0 Å². The Hall–Kier alpha value is -0.860. The van der Waals surface area contributed by atoms with Crippen molar-refractivity contribution in [1.29, 1.82) is 0 Å². The van der Waals surface area contributed by atoms with E-state index in [-0.39, 0.29) is 11.0 Å². The molecule has 2 heteroatoms. The van der Waals surface area contributed by atoms with Gasteiger partial charge in [0.1, 0.15) is 0 Å². The first-order valence-corrected chi connectivity index (χ1v) is 6.27. The van der Waals surface area contributed by atoms with Crippen LogP contribution in [0.15, 0.2) is 18.2 Å². The van der Waals surface area contributed by atoms with Gasteiger partial charge in [0, 0.05) is 11.0 Å². The van der Waals surface area contributed by atoms with E-state index in [9.17, 15) is 0 Å². The fraction of sp³-hybridized carbons (Fsp3) is 0.600. The van der Waals surface area contributed by atoms with Crippen molar-refractivity contribution in [2.75, 3.05) is 13.2 Å². The second-order valence-electron chi connectivity index (χ2n) is 6.24. The van der Waals surface area contributed by atoms with Gasteiger partial charge >= 0.3 is 0 Å². The molecule has 1 fully saturated rings. The van der Waals surface area contributed by atoms with E-state index in [1.807, 2.05) is 0 Å². The molecule has 0 amide bonds. The lowest BCUT2D eigenvalue weighted by atomic mass is 9.70. The average molecular weight is 233 g/mol. The predicted molar refractivity (Wildman–Crippen MR) is 71.3 cm³/mol. The minimum Gasteiger partial charge on any atom is -0.379 e. The van der Waals surface area contributed by atoms with Gasteiger partial charge in [-0.05, 0) is 50.8 Å². The smallest absolute Gasteiger partial charge is 0.0586 e. The molecule has 0 radical (unpaired) electrons. The van der Waals surface area contributed by atoms with Gasteiger partial charge in [0.15, 0.2) is 0 Å². The summed E-state index contributed by atoms with van der Waals surface area (Å²) >= 11 is 0. The summed E-state index contributed by atoms with van der Waals surface area (Å²) in [4.78, 5) is 0. The Balaban J connectivity index is 2.31. The van der Waals surface area contributed by atoms with Gasteiger partial charge in [-0.15, -0.1) is 0 Å². The third kappa shape index (κ3) is 2.53. The molecule has 1 aliphatic heterocycles. The van der Waals surface area contributed by atoms with Crippen molar-refractivity contribution in [1.82, 2.24) is 0 Å². The van der Waals surface area contributed by atoms with Gasteiger partial charge in [-0.3, -0.25) is 0 Å². The lowest BCUT2D eigenvalue weighted by molar-refractivity contribution is -0.0719. The number of ether oxygens (including phenoxy) is 1. The Bertz CT molecular complexity index is 413. The third-order valence-electron chi connectivity index (χ3n) is 3.67. The Morgan fingerprint density at radius 1 is 1.24 bits per heavy atom. The van der Waals surface area contributed by atoms with Crippen LogP contribution in [0.4, 0.5) is 0 Å². The molecule has 0 atom stereocenters. The summed E-state index contributed by atoms with van der Waals surface area (Å²) in [5, 5.41) is 0. The van der Waals surface area contributed by atoms with Gasteiger partial charge in [0.25, 0.3) is 0 Å². The topological polar surface area (TPSA) is 35.2 Å². The maximum absolute atomic E-state index is 6.18. The summed E-state index contributed by atoms with van der Waals surface area (Å²) < 4.78 is 5.45. The van der Waals surface area contributed by atoms with E-state index in [1.54, 1.807) is 0 Å². The normalized spacial score (nSPS) is 18.9. The molecule has 17 heavy (non-hydrogen) atoms. The zero-order valence-electron chi connectivity index (χ0n) is 11.3. The van der Waals surface area contributed by atoms with Gasteiger partial charge in [0.05, 0.1) is 13.2 Å². The molecule has 1 aromatic carbocycles. The van der Waals surface area contributed by atoms with Gasteiger partial charge < -0.3 is 10.5 Å². The molecular formula is C15H23NO. The molecule has 1 heterocycles. The lowest BCUT2D eigenvalue weighted by Crippen LogP contribution is -2.53. The number of benzene rings is 1. The molecule has 1 aliphatic rings. The highest BCUT2D eigenvalue weighted by Gasteiger charge is 2.43. The van der Waals surface area contributed by atoms with Crippen LogP contribution in [0.1, 0.15) is 37.0 Å². The molecule has 0 aromatic heterocycles. The second-order valence-corrected chi connectivity index (χ2v) is 6.24. The molecule has 0 saturated carbocycles. The van der Waals surface area contributed by atoms with Crippen LogP contribution in [0, 0.1) is 13.8 Å². The number of hydrogen-bond acceptors (Lipinski definition) is 2. The van der Waals surface area contributed by atoms with Crippen molar-refractivity contribution in [3.05, 3.63) is 34.9 Å². The van der Waals surface area contributed by atoms with Crippen LogP contribution in [0.3, 0.4) is 0 Å². The van der Waals surface area contributed by atoms with Crippen molar-refractivity contribution < 1.29 is 4.74 Å². The first-order valence-electron chi connectivity index (χ1n) is 6.27. The molecule has 1 saturated heterocycles. The largest absolute Gasteiger partial charge is 0.379 e. The van der Waals surface area contributed by atoms with Crippen molar-refractivity contribution in [2.45, 2.75) is 45.1 Å². The highest BCUT2D eigenvalue weighted by molar-refractivity contribution is 5.36. The van der Waals surface area contributed by atoms with E-state index in [4.69, 9.17) is 10.5 Å². The maximum Gasteiger partial charge on any atom is 0.0586 e. The highest BCUT2D eigenvalue weighted by Crippen LogP contribution is 2.39. The fourth-order valence-corrected chi connectivity index (χ4v) is 2.66. The molecule has 0 unspecified atom stereocenters. The van der Waals surface area contributed by atoms with E-state index in [1.165, 1.54) is 16.7 Å². The monoisotopic (exact) mass is 233 g/mol. The third-order valence-corrected chi connectivity index (χ3v) is 3.67. The van der Waals surface area contributed by atoms with E-state index in [0.29, 0.717) is 0 Å². The lowest BCUT2D eigenvalue weighted by Gasteiger charge is -2.45. The Kier molecular flexibility index (Phi) is 3.04. The molecular weight excluding hydrogens is 210 g/mol. The first-order chi connectivity index (χ1) is 7.82. The van der Waals surface area contributed by atoms with Crippen molar-refractivity contribution in [3.8, 4) is 0 Å². The second kappa shape index (κ2) is 4.11. The van der Waals surface area contributed by atoms with Gasteiger partial charge in [-0.25, -0.2) is 0 Å². The standard InChI is InChI=1S/C15H23NO/c1-11-5-6-13(7-12(11)2)15(9-17-10-15)8-14(3,4)16/h5-7H,8-10,16H2,1-4H3. The zero-order valence-corrected chi connectivity index (χ0v) is 11.3. The number of aryl methyl sites for hydroxylation is 2. The first kappa shape index (κ1) is 12.6. The molecule has 94 valence electrons. The Morgan fingerprint density at radius 2 is 1.88 bits per heavy atom. The average Bonchev–Trinajstić information content (AvgIpc) is 2.15. The van der Waals surface area contributed by atoms with Crippen LogP contribution >= 0.6 is 0 Å². The summed E-state index contributed by atoms with van der Waals surface area (Å²) in [6.45, 7) is 10.1.